The fraction of sp³-hybridized carbons (Fsp3) is 0.850. The van der Waals surface area contributed by atoms with Crippen LogP contribution in [0.25, 0.3) is 0 Å². The SMILES string of the molecule is Cc1nccn1CCCCCCCCCCCCCCCCF. The van der Waals surface area contributed by atoms with Crippen molar-refractivity contribution in [2.75, 3.05) is 6.67 Å². The highest BCUT2D eigenvalue weighted by molar-refractivity contribution is 4.87. The van der Waals surface area contributed by atoms with Crippen LogP contribution in [-0.2, 0) is 6.54 Å². The highest BCUT2D eigenvalue weighted by atomic mass is 19.1. The van der Waals surface area contributed by atoms with Crippen molar-refractivity contribution in [2.24, 2.45) is 0 Å². The summed E-state index contributed by atoms with van der Waals surface area (Å²) >= 11 is 0. The third-order valence-corrected chi connectivity index (χ3v) is 4.71. The van der Waals surface area contributed by atoms with Crippen molar-refractivity contribution in [1.29, 1.82) is 0 Å². The molecule has 134 valence electrons. The van der Waals surface area contributed by atoms with Gasteiger partial charge in [-0.2, -0.15) is 0 Å². The highest BCUT2D eigenvalue weighted by Gasteiger charge is 1.97. The van der Waals surface area contributed by atoms with Crippen LogP contribution in [0.15, 0.2) is 12.4 Å². The predicted molar refractivity (Wildman–Crippen MR) is 97.6 cm³/mol. The largest absolute Gasteiger partial charge is 0.335 e. The van der Waals surface area contributed by atoms with E-state index in [1.165, 1.54) is 77.0 Å². The molecule has 0 saturated carbocycles. The number of nitrogens with zero attached hydrogens (tertiary/aromatic N) is 2. The van der Waals surface area contributed by atoms with Crippen molar-refractivity contribution in [3.05, 3.63) is 18.2 Å². The van der Waals surface area contributed by atoms with Crippen molar-refractivity contribution in [3.63, 3.8) is 0 Å². The van der Waals surface area contributed by atoms with E-state index in [-0.39, 0.29) is 6.67 Å². The molecule has 0 unspecified atom stereocenters. The molecule has 0 saturated heterocycles. The fourth-order valence-electron chi connectivity index (χ4n) is 3.14. The summed E-state index contributed by atoms with van der Waals surface area (Å²) in [5.41, 5.74) is 0. The van der Waals surface area contributed by atoms with Crippen molar-refractivity contribution >= 4 is 0 Å². The van der Waals surface area contributed by atoms with Gasteiger partial charge in [0.1, 0.15) is 5.82 Å². The lowest BCUT2D eigenvalue weighted by Gasteiger charge is -2.05. The summed E-state index contributed by atoms with van der Waals surface area (Å²) in [5, 5.41) is 0. The van der Waals surface area contributed by atoms with Crippen LogP contribution < -0.4 is 0 Å². The van der Waals surface area contributed by atoms with Crippen molar-refractivity contribution in [3.8, 4) is 0 Å². The van der Waals surface area contributed by atoms with Gasteiger partial charge in [0.25, 0.3) is 0 Å². The molecule has 23 heavy (non-hydrogen) atoms. The first kappa shape index (κ1) is 20.2. The zero-order valence-electron chi connectivity index (χ0n) is 15.2. The average molecular weight is 325 g/mol. The minimum absolute atomic E-state index is 0.136. The molecule has 0 aliphatic rings. The van der Waals surface area contributed by atoms with E-state index in [4.69, 9.17) is 0 Å². The van der Waals surface area contributed by atoms with Crippen molar-refractivity contribution in [2.45, 2.75) is 103 Å². The molecule has 0 fully saturated rings. The van der Waals surface area contributed by atoms with E-state index < -0.39 is 0 Å². The topological polar surface area (TPSA) is 17.8 Å². The second kappa shape index (κ2) is 14.7. The van der Waals surface area contributed by atoms with E-state index in [1.54, 1.807) is 0 Å². The Balaban J connectivity index is 1.72. The minimum Gasteiger partial charge on any atom is -0.335 e. The Morgan fingerprint density at radius 2 is 1.17 bits per heavy atom. The van der Waals surface area contributed by atoms with Gasteiger partial charge in [0.05, 0.1) is 6.67 Å². The van der Waals surface area contributed by atoms with Gasteiger partial charge in [-0.05, 0) is 19.8 Å². The molecule has 1 heterocycles. The van der Waals surface area contributed by atoms with Crippen molar-refractivity contribution in [1.82, 2.24) is 9.55 Å². The third-order valence-electron chi connectivity index (χ3n) is 4.71. The Bertz CT molecular complexity index is 362. The van der Waals surface area contributed by atoms with Crippen LogP contribution in [0.5, 0.6) is 0 Å². The minimum atomic E-state index is -0.136. The Kier molecular flexibility index (Phi) is 12.9. The lowest BCUT2D eigenvalue weighted by Crippen LogP contribution is -1.98. The molecule has 0 amide bonds. The molecule has 2 nitrogen and oxygen atoms in total. The summed E-state index contributed by atoms with van der Waals surface area (Å²) in [6.45, 7) is 3.06. The van der Waals surface area contributed by atoms with Gasteiger partial charge in [-0.1, -0.05) is 77.0 Å². The summed E-state index contributed by atoms with van der Waals surface area (Å²) in [6, 6.07) is 0. The van der Waals surface area contributed by atoms with E-state index in [1.807, 2.05) is 6.20 Å². The van der Waals surface area contributed by atoms with Crippen molar-refractivity contribution < 1.29 is 4.39 Å². The molecule has 0 radical (unpaired) electrons. The predicted octanol–water partition coefficient (Wildman–Crippen LogP) is 6.62. The standard InChI is InChI=1S/C20H37FN2/c1-20-22-17-19-23(20)18-15-13-11-9-7-5-3-2-4-6-8-10-12-14-16-21/h17,19H,2-16,18H2,1H3. The molecule has 0 spiro atoms. The number of unbranched alkanes of at least 4 members (excludes halogenated alkanes) is 13. The molecule has 1 rings (SSSR count). The van der Waals surface area contributed by atoms with Crippen LogP contribution in [0.2, 0.25) is 0 Å². The van der Waals surface area contributed by atoms with Crippen LogP contribution in [-0.4, -0.2) is 16.2 Å². The Labute approximate surface area is 142 Å². The van der Waals surface area contributed by atoms with Gasteiger partial charge in [0.15, 0.2) is 0 Å². The normalized spacial score (nSPS) is 11.2. The summed E-state index contributed by atoms with van der Waals surface area (Å²) in [4.78, 5) is 4.25. The molecule has 1 aromatic rings. The number of alkyl halides is 1. The molecule has 1 aromatic heterocycles. The number of hydrogen-bond acceptors (Lipinski definition) is 1. The van der Waals surface area contributed by atoms with Crippen LogP contribution >= 0.6 is 0 Å². The number of halogens is 1. The fourth-order valence-corrected chi connectivity index (χ4v) is 3.14. The first-order chi connectivity index (χ1) is 11.3. The van der Waals surface area contributed by atoms with Crippen LogP contribution in [0, 0.1) is 6.92 Å². The lowest BCUT2D eigenvalue weighted by molar-refractivity contribution is 0.448. The van der Waals surface area contributed by atoms with E-state index in [2.05, 4.69) is 22.7 Å². The number of rotatable bonds is 16. The molecule has 3 heteroatoms. The number of aryl methyl sites for hydroxylation is 2. The van der Waals surface area contributed by atoms with Gasteiger partial charge in [0, 0.05) is 18.9 Å². The van der Waals surface area contributed by atoms with Gasteiger partial charge < -0.3 is 4.57 Å². The van der Waals surface area contributed by atoms with E-state index in [9.17, 15) is 4.39 Å². The highest BCUT2D eigenvalue weighted by Crippen LogP contribution is 2.13. The molecule has 0 aliphatic carbocycles. The summed E-state index contributed by atoms with van der Waals surface area (Å²) < 4.78 is 14.2. The van der Waals surface area contributed by atoms with Crippen LogP contribution in [0.1, 0.15) is 95.7 Å². The van der Waals surface area contributed by atoms with E-state index in [0.29, 0.717) is 0 Å². The average Bonchev–Trinajstić information content (AvgIpc) is 2.96. The molecule has 0 bridgehead atoms. The van der Waals surface area contributed by atoms with Crippen LogP contribution in [0.4, 0.5) is 4.39 Å². The quantitative estimate of drug-likeness (QED) is 0.312. The van der Waals surface area contributed by atoms with E-state index >= 15 is 0 Å². The summed E-state index contributed by atoms with van der Waals surface area (Å²) in [7, 11) is 0. The van der Waals surface area contributed by atoms with Crippen LogP contribution in [0.3, 0.4) is 0 Å². The molecule has 0 atom stereocenters. The maximum Gasteiger partial charge on any atom is 0.105 e. The first-order valence-corrected chi connectivity index (χ1v) is 9.88. The Morgan fingerprint density at radius 3 is 1.57 bits per heavy atom. The van der Waals surface area contributed by atoms with Gasteiger partial charge in [-0.25, -0.2) is 4.98 Å². The van der Waals surface area contributed by atoms with Gasteiger partial charge in [-0.15, -0.1) is 0 Å². The second-order valence-corrected chi connectivity index (χ2v) is 6.81. The summed E-state index contributed by atoms with van der Waals surface area (Å²) in [5.74, 6) is 1.13. The Morgan fingerprint density at radius 1 is 0.739 bits per heavy atom. The number of hydrogen-bond donors (Lipinski definition) is 0. The molecule has 0 aliphatic heterocycles. The molecule has 0 aromatic carbocycles. The monoisotopic (exact) mass is 324 g/mol. The molecular formula is C20H37FN2. The lowest BCUT2D eigenvalue weighted by atomic mass is 10.0. The third kappa shape index (κ3) is 11.3. The van der Waals surface area contributed by atoms with Gasteiger partial charge >= 0.3 is 0 Å². The zero-order valence-corrected chi connectivity index (χ0v) is 15.2. The first-order valence-electron chi connectivity index (χ1n) is 9.88. The smallest absolute Gasteiger partial charge is 0.105 e. The van der Waals surface area contributed by atoms with Gasteiger partial charge in [0.2, 0.25) is 0 Å². The Hall–Kier alpha value is -0.860. The summed E-state index contributed by atoms with van der Waals surface area (Å²) in [6.07, 6.45) is 22.1. The second-order valence-electron chi connectivity index (χ2n) is 6.81. The zero-order chi connectivity index (χ0) is 16.6. The molecular weight excluding hydrogens is 287 g/mol. The van der Waals surface area contributed by atoms with E-state index in [0.717, 1.165) is 25.2 Å². The maximum absolute atomic E-state index is 11.9. The van der Waals surface area contributed by atoms with Gasteiger partial charge in [-0.3, -0.25) is 4.39 Å². The number of aromatic nitrogens is 2. The molecule has 0 N–H and O–H groups in total. The maximum atomic E-state index is 11.9. The number of imidazole rings is 1.